The third kappa shape index (κ3) is 3.85. The molecule has 0 amide bonds. The maximum Gasteiger partial charge on any atom is 0.0810 e. The molecule has 0 aromatic heterocycles. The van der Waals surface area contributed by atoms with E-state index in [1.165, 1.54) is 6.42 Å². The second-order valence-electron chi connectivity index (χ2n) is 2.61. The molecular formula is C8H15O2. The van der Waals surface area contributed by atoms with Crippen molar-refractivity contribution in [1.29, 1.82) is 0 Å². The monoisotopic (exact) mass is 143 g/mol. The van der Waals surface area contributed by atoms with Crippen LogP contribution >= 0.6 is 0 Å². The molecule has 2 fully saturated rings. The summed E-state index contributed by atoms with van der Waals surface area (Å²) in [6.45, 7) is 7.72. The average molecular weight is 143 g/mol. The lowest BCUT2D eigenvalue weighted by molar-refractivity contribution is 0.403. The maximum absolute atomic E-state index is 4.86. The maximum atomic E-state index is 4.86. The van der Waals surface area contributed by atoms with Crippen molar-refractivity contribution >= 4 is 0 Å². The van der Waals surface area contributed by atoms with E-state index in [0.717, 1.165) is 19.6 Å². The van der Waals surface area contributed by atoms with Crippen LogP contribution in [0, 0.1) is 6.92 Å². The van der Waals surface area contributed by atoms with Gasteiger partial charge in [0.15, 0.2) is 0 Å². The molecule has 2 atom stereocenters. The van der Waals surface area contributed by atoms with Gasteiger partial charge in [0.1, 0.15) is 0 Å². The molecule has 2 aliphatic heterocycles. The zero-order valence-electron chi connectivity index (χ0n) is 6.51. The number of ether oxygens (including phenoxy) is 2. The highest BCUT2D eigenvalue weighted by atomic mass is 16.6. The van der Waals surface area contributed by atoms with E-state index in [1.54, 1.807) is 0 Å². The first-order valence-electron chi connectivity index (χ1n) is 3.89. The zero-order valence-corrected chi connectivity index (χ0v) is 6.51. The van der Waals surface area contributed by atoms with Crippen LogP contribution < -0.4 is 0 Å². The van der Waals surface area contributed by atoms with Crippen LogP contribution in [0.3, 0.4) is 0 Å². The summed E-state index contributed by atoms with van der Waals surface area (Å²) < 4.78 is 9.65. The minimum Gasteiger partial charge on any atom is -0.373 e. The van der Waals surface area contributed by atoms with Crippen LogP contribution in [0.4, 0.5) is 0 Å². The molecule has 2 rings (SSSR count). The third-order valence-electron chi connectivity index (χ3n) is 1.58. The minimum absolute atomic E-state index is 0.523. The van der Waals surface area contributed by atoms with Gasteiger partial charge in [-0.2, -0.15) is 0 Å². The molecule has 2 heteroatoms. The molecule has 0 aromatic rings. The molecule has 2 aliphatic rings. The second-order valence-corrected chi connectivity index (χ2v) is 2.61. The van der Waals surface area contributed by atoms with E-state index in [2.05, 4.69) is 13.8 Å². The highest BCUT2D eigenvalue weighted by molar-refractivity contribution is 4.68. The SMILES string of the molecule is CCC1CO1.[CH2]CC1CO1. The normalized spacial score (nSPS) is 34.2. The van der Waals surface area contributed by atoms with Crippen LogP contribution in [0.5, 0.6) is 0 Å². The number of hydrogen-bond acceptors (Lipinski definition) is 2. The summed E-state index contributed by atoms with van der Waals surface area (Å²) in [5.41, 5.74) is 0. The smallest absolute Gasteiger partial charge is 0.0810 e. The van der Waals surface area contributed by atoms with E-state index < -0.39 is 0 Å². The summed E-state index contributed by atoms with van der Waals surface area (Å²) in [5.74, 6) is 0. The first-order chi connectivity index (χ1) is 4.86. The molecule has 2 saturated heterocycles. The summed E-state index contributed by atoms with van der Waals surface area (Å²) >= 11 is 0. The Bertz CT molecular complexity index is 73.3. The fraction of sp³-hybridized carbons (Fsp3) is 0.875. The lowest BCUT2D eigenvalue weighted by Gasteiger charge is -1.69. The molecular weight excluding hydrogens is 128 g/mol. The van der Waals surface area contributed by atoms with Crippen molar-refractivity contribution in [2.24, 2.45) is 0 Å². The molecule has 1 radical (unpaired) electrons. The fourth-order valence-corrected chi connectivity index (χ4v) is 0.538. The first-order valence-corrected chi connectivity index (χ1v) is 3.89. The number of rotatable bonds is 2. The quantitative estimate of drug-likeness (QED) is 0.546. The standard InChI is InChI=1S/C4H8O.C4H7O/c2*1-2-4-3-5-4/h4H,2-3H2,1H3;4H,1-3H2. The van der Waals surface area contributed by atoms with Crippen molar-refractivity contribution in [3.8, 4) is 0 Å². The van der Waals surface area contributed by atoms with Gasteiger partial charge in [-0.15, -0.1) is 0 Å². The Morgan fingerprint density at radius 2 is 1.80 bits per heavy atom. The Hall–Kier alpha value is -0.0800. The molecule has 2 unspecified atom stereocenters. The second kappa shape index (κ2) is 3.94. The first kappa shape index (κ1) is 8.02. The minimum atomic E-state index is 0.523. The van der Waals surface area contributed by atoms with Crippen molar-refractivity contribution in [3.63, 3.8) is 0 Å². The highest BCUT2D eigenvalue weighted by Gasteiger charge is 2.18. The largest absolute Gasteiger partial charge is 0.373 e. The molecule has 0 aliphatic carbocycles. The van der Waals surface area contributed by atoms with Gasteiger partial charge < -0.3 is 9.47 Å². The summed E-state index contributed by atoms with van der Waals surface area (Å²) in [6, 6.07) is 0. The van der Waals surface area contributed by atoms with Crippen LogP contribution in [0.2, 0.25) is 0 Å². The predicted molar refractivity (Wildman–Crippen MR) is 39.7 cm³/mol. The Morgan fingerprint density at radius 3 is 1.80 bits per heavy atom. The summed E-state index contributed by atoms with van der Waals surface area (Å²) in [6.07, 6.45) is 3.30. The van der Waals surface area contributed by atoms with Crippen molar-refractivity contribution < 1.29 is 9.47 Å². The predicted octanol–water partition coefficient (Wildman–Crippen LogP) is 1.40. The van der Waals surface area contributed by atoms with E-state index in [9.17, 15) is 0 Å². The summed E-state index contributed by atoms with van der Waals surface area (Å²) in [7, 11) is 0. The molecule has 0 saturated carbocycles. The topological polar surface area (TPSA) is 25.1 Å². The average Bonchev–Trinajstić information content (AvgIpc) is 2.86. The Kier molecular flexibility index (Phi) is 3.16. The molecule has 2 nitrogen and oxygen atoms in total. The van der Waals surface area contributed by atoms with Crippen LogP contribution in [0.25, 0.3) is 0 Å². The van der Waals surface area contributed by atoms with Gasteiger partial charge in [0, 0.05) is 0 Å². The van der Waals surface area contributed by atoms with Gasteiger partial charge in [0.25, 0.3) is 0 Å². The van der Waals surface area contributed by atoms with Crippen molar-refractivity contribution in [2.45, 2.75) is 32.0 Å². The van der Waals surface area contributed by atoms with Gasteiger partial charge in [-0.25, -0.2) is 0 Å². The Morgan fingerprint density at radius 1 is 1.30 bits per heavy atom. The van der Waals surface area contributed by atoms with Crippen molar-refractivity contribution in [1.82, 2.24) is 0 Å². The summed E-state index contributed by atoms with van der Waals surface area (Å²) in [5, 5.41) is 0. The zero-order chi connectivity index (χ0) is 7.40. The van der Waals surface area contributed by atoms with E-state index in [-0.39, 0.29) is 0 Å². The van der Waals surface area contributed by atoms with E-state index >= 15 is 0 Å². The van der Waals surface area contributed by atoms with Gasteiger partial charge in [0.05, 0.1) is 25.4 Å². The Balaban J connectivity index is 0.0000001000. The van der Waals surface area contributed by atoms with Crippen molar-refractivity contribution in [3.05, 3.63) is 6.92 Å². The molecule has 10 heavy (non-hydrogen) atoms. The van der Waals surface area contributed by atoms with Crippen LogP contribution in [-0.2, 0) is 9.47 Å². The Labute approximate surface area is 62.5 Å². The highest BCUT2D eigenvalue weighted by Crippen LogP contribution is 2.11. The molecule has 0 spiro atoms. The van der Waals surface area contributed by atoms with Gasteiger partial charge in [-0.3, -0.25) is 0 Å². The van der Waals surface area contributed by atoms with Gasteiger partial charge in [-0.05, 0) is 12.8 Å². The molecule has 0 aromatic carbocycles. The molecule has 0 N–H and O–H groups in total. The summed E-state index contributed by atoms with van der Waals surface area (Å²) in [4.78, 5) is 0. The van der Waals surface area contributed by atoms with Crippen LogP contribution in [0.15, 0.2) is 0 Å². The van der Waals surface area contributed by atoms with Gasteiger partial charge >= 0.3 is 0 Å². The lowest BCUT2D eigenvalue weighted by atomic mass is 10.4. The van der Waals surface area contributed by atoms with E-state index in [0.29, 0.717) is 12.2 Å². The number of hydrogen-bond donors (Lipinski definition) is 0. The van der Waals surface area contributed by atoms with Crippen molar-refractivity contribution in [2.75, 3.05) is 13.2 Å². The van der Waals surface area contributed by atoms with Gasteiger partial charge in [0.2, 0.25) is 0 Å². The van der Waals surface area contributed by atoms with Gasteiger partial charge in [-0.1, -0.05) is 13.8 Å². The third-order valence-corrected chi connectivity index (χ3v) is 1.58. The number of epoxide rings is 2. The molecule has 2 heterocycles. The van der Waals surface area contributed by atoms with Crippen LogP contribution in [-0.4, -0.2) is 25.4 Å². The molecule has 59 valence electrons. The molecule has 0 bridgehead atoms. The van der Waals surface area contributed by atoms with E-state index in [1.807, 2.05) is 0 Å². The lowest BCUT2D eigenvalue weighted by Crippen LogP contribution is -1.73. The van der Waals surface area contributed by atoms with Crippen LogP contribution in [0.1, 0.15) is 19.8 Å². The fourth-order valence-electron chi connectivity index (χ4n) is 0.538. The van der Waals surface area contributed by atoms with E-state index in [4.69, 9.17) is 9.47 Å².